The Morgan fingerprint density at radius 2 is 2.06 bits per heavy atom. The van der Waals surface area contributed by atoms with Gasteiger partial charge >= 0.3 is 12.1 Å². The van der Waals surface area contributed by atoms with Gasteiger partial charge in [0.2, 0.25) is 5.88 Å². The van der Waals surface area contributed by atoms with Gasteiger partial charge in [-0.25, -0.2) is 23.7 Å². The molecule has 186 valence electrons. The van der Waals surface area contributed by atoms with E-state index >= 15 is 0 Å². The molecule has 0 aliphatic rings. The first kappa shape index (κ1) is 24.7. The molecule has 0 radical (unpaired) electrons. The molecule has 1 aromatic carbocycles. The van der Waals surface area contributed by atoms with Crippen LogP contribution in [0.1, 0.15) is 21.6 Å². The number of nitrogen functional groups attached to an aromatic ring is 1. The summed E-state index contributed by atoms with van der Waals surface area (Å²) in [6.07, 6.45) is -3.62. The number of nitrogens with zero attached hydrogens (tertiary/aromatic N) is 4. The molecular formula is C22H15ClF4N6O3. The Kier molecular flexibility index (Phi) is 6.18. The zero-order valence-electron chi connectivity index (χ0n) is 18.2. The van der Waals surface area contributed by atoms with Crippen molar-refractivity contribution in [2.24, 2.45) is 4.99 Å². The molecule has 0 spiro atoms. The molecule has 0 atom stereocenters. The summed E-state index contributed by atoms with van der Waals surface area (Å²) >= 11 is 5.76. The molecule has 0 saturated heterocycles. The van der Waals surface area contributed by atoms with Gasteiger partial charge in [-0.05, 0) is 30.3 Å². The molecule has 4 N–H and O–H groups in total. The van der Waals surface area contributed by atoms with Crippen LogP contribution in [0, 0.1) is 5.82 Å². The fourth-order valence-corrected chi connectivity index (χ4v) is 3.56. The molecule has 9 nitrogen and oxygen atoms in total. The van der Waals surface area contributed by atoms with Crippen LogP contribution in [0.3, 0.4) is 0 Å². The standard InChI is InChI=1S/C22H15ClF4N6O3/c1-9(30-10-3-4-15(24)14(23)5-10)29-8-13-11-6-12(21(34)35)20(36-2)31-18(11)16-7-17(22(25,26)27)32-33(16)19(13)28/h3-8,30H,1,28H2,2H3,(H,34,35)/b29-8-. The van der Waals surface area contributed by atoms with Crippen LogP contribution in [0.4, 0.5) is 29.1 Å². The topological polar surface area (TPSA) is 127 Å². The molecule has 0 amide bonds. The van der Waals surface area contributed by atoms with Gasteiger partial charge in [-0.2, -0.15) is 18.3 Å². The van der Waals surface area contributed by atoms with Crippen LogP contribution in [0.15, 0.2) is 47.7 Å². The predicted octanol–water partition coefficient (Wildman–Crippen LogP) is 4.99. The van der Waals surface area contributed by atoms with Gasteiger partial charge in [0.25, 0.3) is 0 Å². The smallest absolute Gasteiger partial charge is 0.435 e. The number of carboxylic acid groups (broad SMARTS) is 1. The van der Waals surface area contributed by atoms with Crippen LogP contribution in [0.2, 0.25) is 5.02 Å². The number of benzene rings is 1. The zero-order valence-corrected chi connectivity index (χ0v) is 18.9. The number of rotatable bonds is 6. The molecule has 0 aliphatic heterocycles. The van der Waals surface area contributed by atoms with Gasteiger partial charge in [-0.1, -0.05) is 18.2 Å². The van der Waals surface area contributed by atoms with Gasteiger partial charge in [-0.3, -0.25) is 0 Å². The molecule has 0 bridgehead atoms. The molecule has 4 aromatic rings. The molecule has 14 heteroatoms. The van der Waals surface area contributed by atoms with E-state index in [9.17, 15) is 27.5 Å². The lowest BCUT2D eigenvalue weighted by atomic mass is 10.1. The van der Waals surface area contributed by atoms with Gasteiger partial charge < -0.3 is 20.9 Å². The third-order valence-corrected chi connectivity index (χ3v) is 5.30. The average Bonchev–Trinajstić information content (AvgIpc) is 3.27. The Bertz CT molecular complexity index is 1580. The van der Waals surface area contributed by atoms with Crippen molar-refractivity contribution >= 4 is 51.7 Å². The number of hydrogen-bond acceptors (Lipinski definition) is 7. The van der Waals surface area contributed by atoms with E-state index in [4.69, 9.17) is 22.1 Å². The third kappa shape index (κ3) is 4.47. The second-order valence-corrected chi connectivity index (χ2v) is 7.74. The molecule has 3 heterocycles. The zero-order chi connectivity index (χ0) is 26.4. The predicted molar refractivity (Wildman–Crippen MR) is 125 cm³/mol. The van der Waals surface area contributed by atoms with E-state index in [0.717, 1.165) is 28.9 Å². The van der Waals surface area contributed by atoms with E-state index in [1.54, 1.807) is 0 Å². The molecular weight excluding hydrogens is 508 g/mol. The Balaban J connectivity index is 1.90. The minimum Gasteiger partial charge on any atom is -0.480 e. The summed E-state index contributed by atoms with van der Waals surface area (Å²) < 4.78 is 59.3. The normalized spacial score (nSPS) is 11.9. The van der Waals surface area contributed by atoms with Gasteiger partial charge in [0, 0.05) is 22.9 Å². The number of fused-ring (bicyclic) bond motifs is 3. The average molecular weight is 523 g/mol. The quantitative estimate of drug-likeness (QED) is 0.240. The van der Waals surface area contributed by atoms with Crippen LogP contribution < -0.4 is 15.8 Å². The van der Waals surface area contributed by atoms with Crippen molar-refractivity contribution < 1.29 is 32.2 Å². The number of nitrogens with one attached hydrogen (secondary N) is 1. The number of hydrogen-bond donors (Lipinski definition) is 3. The first-order valence-corrected chi connectivity index (χ1v) is 10.2. The number of nitrogens with two attached hydrogens (primary N) is 1. The number of pyridine rings is 2. The minimum atomic E-state index is -4.78. The molecule has 0 unspecified atom stereocenters. The van der Waals surface area contributed by atoms with E-state index in [0.29, 0.717) is 5.69 Å². The van der Waals surface area contributed by atoms with Crippen molar-refractivity contribution in [2.75, 3.05) is 18.2 Å². The highest BCUT2D eigenvalue weighted by atomic mass is 35.5. The highest BCUT2D eigenvalue weighted by molar-refractivity contribution is 6.31. The lowest BCUT2D eigenvalue weighted by molar-refractivity contribution is -0.141. The van der Waals surface area contributed by atoms with E-state index in [2.05, 4.69) is 27.0 Å². The first-order valence-electron chi connectivity index (χ1n) is 9.86. The Hall–Kier alpha value is -4.39. The van der Waals surface area contributed by atoms with Crippen molar-refractivity contribution in [1.82, 2.24) is 14.6 Å². The summed E-state index contributed by atoms with van der Waals surface area (Å²) in [5.74, 6) is -2.57. The maximum Gasteiger partial charge on any atom is 0.435 e. The molecule has 4 rings (SSSR count). The van der Waals surface area contributed by atoms with Crippen LogP contribution >= 0.6 is 11.6 Å². The second kappa shape index (κ2) is 9.00. The maximum atomic E-state index is 13.4. The Labute approximate surface area is 204 Å². The monoisotopic (exact) mass is 522 g/mol. The maximum absolute atomic E-state index is 13.4. The third-order valence-electron chi connectivity index (χ3n) is 5.01. The van der Waals surface area contributed by atoms with Gasteiger partial charge in [-0.15, -0.1) is 0 Å². The number of ether oxygens (including phenoxy) is 1. The summed E-state index contributed by atoms with van der Waals surface area (Å²) in [6, 6.07) is 5.72. The molecule has 0 aliphatic carbocycles. The second-order valence-electron chi connectivity index (χ2n) is 7.33. The fourth-order valence-electron chi connectivity index (χ4n) is 3.38. The lowest BCUT2D eigenvalue weighted by Crippen LogP contribution is -2.10. The number of aromatic carboxylic acids is 1. The fraction of sp³-hybridized carbons (Fsp3) is 0.0909. The minimum absolute atomic E-state index is 0.0204. The summed E-state index contributed by atoms with van der Waals surface area (Å²) in [4.78, 5) is 20.0. The highest BCUT2D eigenvalue weighted by Gasteiger charge is 2.35. The number of methoxy groups -OCH3 is 1. The van der Waals surface area contributed by atoms with Gasteiger partial charge in [0.1, 0.15) is 28.5 Å². The van der Waals surface area contributed by atoms with Gasteiger partial charge in [0.05, 0.1) is 17.6 Å². The van der Waals surface area contributed by atoms with Crippen LogP contribution in [-0.2, 0) is 6.18 Å². The first-order chi connectivity index (χ1) is 16.9. The number of carbonyl (C=O) groups is 1. The Morgan fingerprint density at radius 1 is 1.33 bits per heavy atom. The van der Waals surface area contributed by atoms with Crippen LogP contribution in [0.5, 0.6) is 5.88 Å². The van der Waals surface area contributed by atoms with Crippen LogP contribution in [0.25, 0.3) is 16.4 Å². The SMILES string of the molecule is C=C(/N=C\c1c(N)n2nc(C(F)(F)F)cc2c2nc(OC)c(C(=O)O)cc12)Nc1ccc(F)c(Cl)c1. The Morgan fingerprint density at radius 3 is 2.67 bits per heavy atom. The number of alkyl halides is 3. The van der Waals surface area contributed by atoms with Crippen molar-refractivity contribution in [3.63, 3.8) is 0 Å². The molecule has 3 aromatic heterocycles. The summed E-state index contributed by atoms with van der Waals surface area (Å²) in [5, 5.41) is 15.8. The van der Waals surface area contributed by atoms with Crippen molar-refractivity contribution in [3.8, 4) is 5.88 Å². The highest BCUT2D eigenvalue weighted by Crippen LogP contribution is 2.35. The summed E-state index contributed by atoms with van der Waals surface area (Å²) in [6.45, 7) is 3.71. The van der Waals surface area contributed by atoms with E-state index in [-0.39, 0.29) is 50.1 Å². The van der Waals surface area contributed by atoms with E-state index < -0.39 is 23.7 Å². The lowest BCUT2D eigenvalue weighted by Gasteiger charge is -2.12. The van der Waals surface area contributed by atoms with E-state index in [1.165, 1.54) is 19.2 Å². The van der Waals surface area contributed by atoms with Crippen LogP contribution in [-0.4, -0.2) is 39.0 Å². The number of halogens is 5. The number of aliphatic imine (C=N–C) groups is 1. The summed E-state index contributed by atoms with van der Waals surface area (Å²) in [7, 11) is 1.17. The molecule has 0 saturated carbocycles. The summed E-state index contributed by atoms with van der Waals surface area (Å²) in [5.41, 5.74) is 4.76. The molecule has 36 heavy (non-hydrogen) atoms. The largest absolute Gasteiger partial charge is 0.480 e. The van der Waals surface area contributed by atoms with E-state index in [1.807, 2.05) is 0 Å². The number of carboxylic acids is 1. The molecule has 0 fully saturated rings. The van der Waals surface area contributed by atoms with Crippen molar-refractivity contribution in [2.45, 2.75) is 6.18 Å². The number of aromatic nitrogens is 3. The number of anilines is 2. The van der Waals surface area contributed by atoms with Crippen molar-refractivity contribution in [1.29, 1.82) is 0 Å². The van der Waals surface area contributed by atoms with Crippen molar-refractivity contribution in [3.05, 3.63) is 70.4 Å². The van der Waals surface area contributed by atoms with Gasteiger partial charge in [0.15, 0.2) is 5.69 Å².